The van der Waals surface area contributed by atoms with E-state index in [0.717, 1.165) is 50.4 Å². The minimum Gasteiger partial charge on any atom is -0.357 e. The summed E-state index contributed by atoms with van der Waals surface area (Å²) in [7, 11) is 3.57. The molecule has 146 valence electrons. The quantitative estimate of drug-likeness (QED) is 0.355. The van der Waals surface area contributed by atoms with E-state index in [-0.39, 0.29) is 5.91 Å². The van der Waals surface area contributed by atoms with Crippen molar-refractivity contribution in [3.8, 4) is 0 Å². The van der Waals surface area contributed by atoms with Gasteiger partial charge in [0.05, 0.1) is 6.20 Å². The summed E-state index contributed by atoms with van der Waals surface area (Å²) >= 11 is 0. The van der Waals surface area contributed by atoms with Crippen LogP contribution < -0.4 is 16.0 Å². The van der Waals surface area contributed by atoms with Crippen LogP contribution >= 0.6 is 0 Å². The summed E-state index contributed by atoms with van der Waals surface area (Å²) in [5.41, 5.74) is 3.05. The monoisotopic (exact) mass is 370 g/mol. The van der Waals surface area contributed by atoms with Gasteiger partial charge in [-0.2, -0.15) is 5.10 Å². The van der Waals surface area contributed by atoms with Gasteiger partial charge in [0.25, 0.3) is 5.91 Å². The summed E-state index contributed by atoms with van der Waals surface area (Å²) < 4.78 is 1.82. The van der Waals surface area contributed by atoms with E-state index >= 15 is 0 Å². The Hall–Kier alpha value is -2.83. The summed E-state index contributed by atoms with van der Waals surface area (Å²) in [6.07, 6.45) is 6.73. The minimum absolute atomic E-state index is 0.0617. The molecule has 0 spiro atoms. The highest BCUT2D eigenvalue weighted by atomic mass is 16.1. The van der Waals surface area contributed by atoms with Crippen LogP contribution in [-0.4, -0.2) is 48.3 Å². The molecule has 0 aliphatic carbocycles. The molecule has 0 unspecified atom stereocenters. The van der Waals surface area contributed by atoms with E-state index in [1.807, 2.05) is 48.4 Å². The number of aryl methyl sites for hydroxylation is 2. The second-order valence-electron chi connectivity index (χ2n) is 6.34. The molecule has 27 heavy (non-hydrogen) atoms. The molecule has 0 saturated carbocycles. The molecular weight excluding hydrogens is 340 g/mol. The molecule has 0 saturated heterocycles. The van der Waals surface area contributed by atoms with Crippen LogP contribution in [0.25, 0.3) is 0 Å². The van der Waals surface area contributed by atoms with Crippen molar-refractivity contribution in [3.63, 3.8) is 0 Å². The number of carbonyl (C=O) groups is 1. The minimum atomic E-state index is -0.0617. The van der Waals surface area contributed by atoms with Gasteiger partial charge in [0.2, 0.25) is 0 Å². The van der Waals surface area contributed by atoms with E-state index in [2.05, 4.69) is 33.0 Å². The van der Waals surface area contributed by atoms with Crippen LogP contribution in [0.3, 0.4) is 0 Å². The number of hydrogen-bond acceptors (Lipinski definition) is 3. The molecule has 0 aliphatic heterocycles. The lowest BCUT2D eigenvalue weighted by Crippen LogP contribution is -2.38. The van der Waals surface area contributed by atoms with Crippen molar-refractivity contribution in [3.05, 3.63) is 53.3 Å². The molecule has 1 heterocycles. The van der Waals surface area contributed by atoms with E-state index in [9.17, 15) is 4.79 Å². The summed E-state index contributed by atoms with van der Waals surface area (Å²) in [4.78, 5) is 16.4. The van der Waals surface area contributed by atoms with Gasteiger partial charge in [0, 0.05) is 45.5 Å². The third-order valence-electron chi connectivity index (χ3n) is 4.12. The molecular formula is C20H30N6O. The highest BCUT2D eigenvalue weighted by Gasteiger charge is 2.04. The lowest BCUT2D eigenvalue weighted by atomic mass is 10.1. The Balaban J connectivity index is 1.78. The van der Waals surface area contributed by atoms with Gasteiger partial charge in [0.15, 0.2) is 5.96 Å². The van der Waals surface area contributed by atoms with Gasteiger partial charge in [-0.15, -0.1) is 0 Å². The maximum absolute atomic E-state index is 11.7. The Kier molecular flexibility index (Phi) is 8.35. The largest absolute Gasteiger partial charge is 0.357 e. The van der Waals surface area contributed by atoms with Gasteiger partial charge in [-0.25, -0.2) is 0 Å². The first-order valence-electron chi connectivity index (χ1n) is 9.43. The lowest BCUT2D eigenvalue weighted by molar-refractivity contribution is 0.0963. The highest BCUT2D eigenvalue weighted by molar-refractivity contribution is 5.94. The first kappa shape index (κ1) is 20.5. The van der Waals surface area contributed by atoms with E-state index in [4.69, 9.17) is 0 Å². The normalized spacial score (nSPS) is 11.3. The van der Waals surface area contributed by atoms with E-state index in [1.165, 1.54) is 5.56 Å². The molecule has 0 bridgehead atoms. The van der Waals surface area contributed by atoms with E-state index in [0.29, 0.717) is 5.56 Å². The van der Waals surface area contributed by atoms with Gasteiger partial charge in [-0.1, -0.05) is 12.1 Å². The average Bonchev–Trinajstić information content (AvgIpc) is 3.10. The summed E-state index contributed by atoms with van der Waals surface area (Å²) in [5, 5.41) is 13.5. The Morgan fingerprint density at radius 1 is 1.22 bits per heavy atom. The van der Waals surface area contributed by atoms with Crippen LogP contribution in [-0.2, 0) is 19.9 Å². The summed E-state index contributed by atoms with van der Waals surface area (Å²) in [6.45, 7) is 4.39. The Bertz CT molecular complexity index is 752. The fraction of sp³-hybridized carbons (Fsp3) is 0.450. The molecule has 1 amide bonds. The van der Waals surface area contributed by atoms with Crippen LogP contribution in [0.2, 0.25) is 0 Å². The third-order valence-corrected chi connectivity index (χ3v) is 4.12. The predicted molar refractivity (Wildman–Crippen MR) is 109 cm³/mol. The SMILES string of the molecule is CCNC(=NCCCc1cnn(C)c1)NCCc1cccc(C(=O)NC)c1. The first-order chi connectivity index (χ1) is 13.1. The predicted octanol–water partition coefficient (Wildman–Crippen LogP) is 1.51. The van der Waals surface area contributed by atoms with Crippen molar-refractivity contribution in [2.24, 2.45) is 12.0 Å². The third kappa shape index (κ3) is 7.13. The second kappa shape index (κ2) is 11.0. The fourth-order valence-corrected chi connectivity index (χ4v) is 2.75. The number of benzene rings is 1. The van der Waals surface area contributed by atoms with Crippen molar-refractivity contribution in [2.75, 3.05) is 26.7 Å². The van der Waals surface area contributed by atoms with Crippen LogP contribution in [0.15, 0.2) is 41.7 Å². The zero-order valence-electron chi connectivity index (χ0n) is 16.5. The van der Waals surface area contributed by atoms with Crippen LogP contribution in [0, 0.1) is 0 Å². The van der Waals surface area contributed by atoms with Crippen LogP contribution in [0.1, 0.15) is 34.8 Å². The van der Waals surface area contributed by atoms with E-state index in [1.54, 1.807) is 7.05 Å². The number of hydrogen-bond donors (Lipinski definition) is 3. The number of aromatic nitrogens is 2. The first-order valence-corrected chi connectivity index (χ1v) is 9.43. The summed E-state index contributed by atoms with van der Waals surface area (Å²) in [5.74, 6) is 0.763. The van der Waals surface area contributed by atoms with Gasteiger partial charge in [-0.05, 0) is 49.4 Å². The Labute approximate surface area is 161 Å². The maximum atomic E-state index is 11.7. The molecule has 0 fully saturated rings. The number of nitrogens with one attached hydrogen (secondary N) is 3. The maximum Gasteiger partial charge on any atom is 0.251 e. The topological polar surface area (TPSA) is 83.3 Å². The molecule has 1 aromatic heterocycles. The number of guanidine groups is 1. The number of amides is 1. The smallest absolute Gasteiger partial charge is 0.251 e. The zero-order valence-corrected chi connectivity index (χ0v) is 16.5. The van der Waals surface area contributed by atoms with Gasteiger partial charge >= 0.3 is 0 Å². The zero-order chi connectivity index (χ0) is 19.5. The molecule has 7 nitrogen and oxygen atoms in total. The van der Waals surface area contributed by atoms with Crippen LogP contribution in [0.5, 0.6) is 0 Å². The lowest BCUT2D eigenvalue weighted by Gasteiger charge is -2.11. The highest BCUT2D eigenvalue weighted by Crippen LogP contribution is 2.06. The average molecular weight is 371 g/mol. The Morgan fingerprint density at radius 3 is 2.78 bits per heavy atom. The number of carbonyl (C=O) groups excluding carboxylic acids is 1. The van der Waals surface area contributed by atoms with Crippen molar-refractivity contribution >= 4 is 11.9 Å². The fourth-order valence-electron chi connectivity index (χ4n) is 2.75. The van der Waals surface area contributed by atoms with Crippen molar-refractivity contribution in [1.82, 2.24) is 25.7 Å². The number of nitrogens with zero attached hydrogens (tertiary/aromatic N) is 3. The van der Waals surface area contributed by atoms with Gasteiger partial charge in [-0.3, -0.25) is 14.5 Å². The van der Waals surface area contributed by atoms with Crippen LogP contribution in [0.4, 0.5) is 0 Å². The van der Waals surface area contributed by atoms with Gasteiger partial charge in [0.1, 0.15) is 0 Å². The van der Waals surface area contributed by atoms with Crippen molar-refractivity contribution < 1.29 is 4.79 Å². The van der Waals surface area contributed by atoms with Crippen molar-refractivity contribution in [2.45, 2.75) is 26.2 Å². The number of rotatable bonds is 9. The van der Waals surface area contributed by atoms with Crippen molar-refractivity contribution in [1.29, 1.82) is 0 Å². The molecule has 0 radical (unpaired) electrons. The molecule has 0 aliphatic rings. The molecule has 7 heteroatoms. The van der Waals surface area contributed by atoms with Gasteiger partial charge < -0.3 is 16.0 Å². The number of aliphatic imine (C=N–C) groups is 1. The molecule has 2 rings (SSSR count). The molecule has 2 aromatic rings. The Morgan fingerprint density at radius 2 is 2.07 bits per heavy atom. The second-order valence-corrected chi connectivity index (χ2v) is 6.34. The molecule has 3 N–H and O–H groups in total. The standard InChI is InChI=1S/C20H30N6O/c1-4-22-20(23-11-6-8-17-14-25-26(3)15-17)24-12-10-16-7-5-9-18(13-16)19(27)21-2/h5,7,9,13-15H,4,6,8,10-12H2,1-3H3,(H,21,27)(H2,22,23,24). The molecule has 0 atom stereocenters. The van der Waals surface area contributed by atoms with E-state index < -0.39 is 0 Å². The summed E-state index contributed by atoms with van der Waals surface area (Å²) in [6, 6.07) is 7.70. The molecule has 1 aromatic carbocycles.